The molecule has 0 aromatic carbocycles. The van der Waals surface area contributed by atoms with Crippen molar-refractivity contribution in [3.8, 4) is 0 Å². The predicted molar refractivity (Wildman–Crippen MR) is 62.3 cm³/mol. The van der Waals surface area contributed by atoms with Crippen molar-refractivity contribution in [3.63, 3.8) is 0 Å². The Labute approximate surface area is 109 Å². The van der Waals surface area contributed by atoms with E-state index in [9.17, 15) is 18.4 Å². The van der Waals surface area contributed by atoms with Crippen LogP contribution in [0.5, 0.6) is 0 Å². The average molecular weight is 280 g/mol. The number of hydrogen-bond donors (Lipinski definition) is 2. The summed E-state index contributed by atoms with van der Waals surface area (Å²) in [6, 6.07) is -1.58. The maximum Gasteiger partial charge on any atom is 0.408 e. The molecule has 2 amide bonds. The lowest BCUT2D eigenvalue weighted by Gasteiger charge is -2.37. The molecule has 0 bridgehead atoms. The molecule has 0 aromatic rings. The topological polar surface area (TPSA) is 78.9 Å². The van der Waals surface area contributed by atoms with Crippen LogP contribution in [0.1, 0.15) is 27.2 Å². The monoisotopic (exact) mass is 280 g/mol. The number of rotatable bonds is 1. The van der Waals surface area contributed by atoms with Crippen molar-refractivity contribution in [2.45, 2.75) is 44.8 Å². The highest BCUT2D eigenvalue weighted by atomic mass is 19.3. The number of carbonyl (C=O) groups excluding carboxylic acids is 1. The Kier molecular flexibility index (Phi) is 4.21. The van der Waals surface area contributed by atoms with Crippen LogP contribution in [0.25, 0.3) is 0 Å². The van der Waals surface area contributed by atoms with Gasteiger partial charge in [0.1, 0.15) is 11.6 Å². The molecule has 1 rings (SSSR count). The molecule has 6 nitrogen and oxygen atoms in total. The van der Waals surface area contributed by atoms with Crippen LogP contribution in [0.4, 0.5) is 18.4 Å². The quantitative estimate of drug-likeness (QED) is 0.769. The van der Waals surface area contributed by atoms with Crippen LogP contribution in [0.3, 0.4) is 0 Å². The first-order chi connectivity index (χ1) is 8.51. The molecule has 1 saturated heterocycles. The second kappa shape index (κ2) is 5.18. The van der Waals surface area contributed by atoms with Gasteiger partial charge in [0.25, 0.3) is 5.92 Å². The van der Waals surface area contributed by atoms with E-state index in [2.05, 4.69) is 0 Å². The van der Waals surface area contributed by atoms with E-state index in [-0.39, 0.29) is 6.54 Å². The first-order valence-corrected chi connectivity index (χ1v) is 5.86. The molecular weight excluding hydrogens is 262 g/mol. The number of hydrogen-bond acceptors (Lipinski definition) is 3. The molecule has 19 heavy (non-hydrogen) atoms. The van der Waals surface area contributed by atoms with Gasteiger partial charge in [-0.3, -0.25) is 0 Å². The van der Waals surface area contributed by atoms with Gasteiger partial charge in [0.2, 0.25) is 0 Å². The first kappa shape index (κ1) is 15.5. The highest BCUT2D eigenvalue weighted by molar-refractivity contribution is 5.69. The molecule has 0 aliphatic carbocycles. The Morgan fingerprint density at radius 1 is 1.42 bits per heavy atom. The van der Waals surface area contributed by atoms with Crippen molar-refractivity contribution in [3.05, 3.63) is 0 Å². The fourth-order valence-corrected chi connectivity index (χ4v) is 1.68. The van der Waals surface area contributed by atoms with Crippen LogP contribution in [0, 0.1) is 0 Å². The Hall–Kier alpha value is -1.60. The molecule has 1 unspecified atom stereocenters. The molecule has 0 saturated carbocycles. The lowest BCUT2D eigenvalue weighted by atomic mass is 10.0. The smallest absolute Gasteiger partial charge is 0.408 e. The summed E-state index contributed by atoms with van der Waals surface area (Å²) >= 11 is 0. The summed E-state index contributed by atoms with van der Waals surface area (Å²) in [5.74, 6) is -3.15. The van der Waals surface area contributed by atoms with E-state index in [1.807, 2.05) is 5.32 Å². The number of ether oxygens (including phenoxy) is 1. The molecule has 0 spiro atoms. The highest BCUT2D eigenvalue weighted by Crippen LogP contribution is 2.28. The van der Waals surface area contributed by atoms with E-state index in [4.69, 9.17) is 9.84 Å². The average Bonchev–Trinajstić information content (AvgIpc) is 2.17. The number of halogens is 2. The van der Waals surface area contributed by atoms with Crippen molar-refractivity contribution < 1.29 is 28.2 Å². The van der Waals surface area contributed by atoms with Crippen LogP contribution in [0.2, 0.25) is 0 Å². The van der Waals surface area contributed by atoms with E-state index in [1.165, 1.54) is 0 Å². The summed E-state index contributed by atoms with van der Waals surface area (Å²) in [6.45, 7) is 4.11. The predicted octanol–water partition coefficient (Wildman–Crippen LogP) is 1.90. The third-order valence-electron chi connectivity index (χ3n) is 2.59. The van der Waals surface area contributed by atoms with Crippen LogP contribution < -0.4 is 5.32 Å². The number of carbonyl (C=O) groups is 2. The Morgan fingerprint density at radius 2 is 2.00 bits per heavy atom. The molecule has 0 radical (unpaired) electrons. The summed E-state index contributed by atoms with van der Waals surface area (Å²) in [6.07, 6.45) is -2.89. The largest absolute Gasteiger partial charge is 0.465 e. The van der Waals surface area contributed by atoms with E-state index >= 15 is 0 Å². The number of alkyl halides is 2. The normalized spacial score (nSPS) is 22.8. The van der Waals surface area contributed by atoms with E-state index in [0.717, 1.165) is 4.90 Å². The molecule has 1 fully saturated rings. The Bertz CT molecular complexity index is 368. The van der Waals surface area contributed by atoms with Crippen molar-refractivity contribution in [1.29, 1.82) is 0 Å². The maximum absolute atomic E-state index is 13.6. The Balaban J connectivity index is 2.67. The van der Waals surface area contributed by atoms with Gasteiger partial charge in [-0.2, -0.15) is 0 Å². The lowest BCUT2D eigenvalue weighted by Crippen LogP contribution is -2.60. The summed E-state index contributed by atoms with van der Waals surface area (Å²) in [7, 11) is 0. The standard InChI is InChI=1S/C11H18F2N2O4/c1-10(2,3)19-8(16)14-7-6-15(9(17)18)5-4-11(7,12)13/h7H,4-6H2,1-3H3,(H,14,16)(H,17,18). The summed E-state index contributed by atoms with van der Waals surface area (Å²) in [5, 5.41) is 10.8. The minimum Gasteiger partial charge on any atom is -0.465 e. The molecule has 1 aliphatic rings. The fraction of sp³-hybridized carbons (Fsp3) is 0.818. The molecule has 110 valence electrons. The first-order valence-electron chi connectivity index (χ1n) is 5.86. The third kappa shape index (κ3) is 4.53. The Morgan fingerprint density at radius 3 is 2.47 bits per heavy atom. The van der Waals surface area contributed by atoms with Crippen molar-refractivity contribution in [2.75, 3.05) is 13.1 Å². The zero-order valence-electron chi connectivity index (χ0n) is 11.1. The minimum absolute atomic E-state index is 0.255. The summed E-state index contributed by atoms with van der Waals surface area (Å²) < 4.78 is 32.1. The molecule has 1 atom stereocenters. The number of carboxylic acid groups (broad SMARTS) is 1. The number of piperidine rings is 1. The molecule has 1 heterocycles. The van der Waals surface area contributed by atoms with Crippen LogP contribution in [-0.2, 0) is 4.74 Å². The molecule has 1 aliphatic heterocycles. The number of nitrogens with one attached hydrogen (secondary N) is 1. The van der Waals surface area contributed by atoms with E-state index < -0.39 is 42.7 Å². The number of nitrogens with zero attached hydrogens (tertiary/aromatic N) is 1. The molecule has 8 heteroatoms. The molecular formula is C11H18F2N2O4. The van der Waals surface area contributed by atoms with Gasteiger partial charge < -0.3 is 20.1 Å². The number of amides is 2. The lowest BCUT2D eigenvalue weighted by molar-refractivity contribution is -0.0796. The van der Waals surface area contributed by atoms with Gasteiger partial charge in [-0.1, -0.05) is 0 Å². The van der Waals surface area contributed by atoms with E-state index in [0.29, 0.717) is 0 Å². The number of likely N-dealkylation sites (tertiary alicyclic amines) is 1. The van der Waals surface area contributed by atoms with Gasteiger partial charge in [-0.25, -0.2) is 18.4 Å². The zero-order chi connectivity index (χ0) is 14.8. The zero-order valence-corrected chi connectivity index (χ0v) is 11.1. The van der Waals surface area contributed by atoms with Crippen molar-refractivity contribution in [2.24, 2.45) is 0 Å². The van der Waals surface area contributed by atoms with Gasteiger partial charge in [-0.15, -0.1) is 0 Å². The summed E-state index contributed by atoms with van der Waals surface area (Å²) in [5.41, 5.74) is -0.805. The van der Waals surface area contributed by atoms with Crippen molar-refractivity contribution >= 4 is 12.2 Å². The van der Waals surface area contributed by atoms with Crippen LogP contribution in [0.15, 0.2) is 0 Å². The van der Waals surface area contributed by atoms with Crippen molar-refractivity contribution in [1.82, 2.24) is 10.2 Å². The summed E-state index contributed by atoms with van der Waals surface area (Å²) in [4.78, 5) is 23.1. The van der Waals surface area contributed by atoms with Gasteiger partial charge >= 0.3 is 12.2 Å². The van der Waals surface area contributed by atoms with Gasteiger partial charge in [0.15, 0.2) is 0 Å². The maximum atomic E-state index is 13.6. The minimum atomic E-state index is -3.15. The van der Waals surface area contributed by atoms with Gasteiger partial charge in [-0.05, 0) is 20.8 Å². The van der Waals surface area contributed by atoms with E-state index in [1.54, 1.807) is 20.8 Å². The van der Waals surface area contributed by atoms with Crippen LogP contribution in [-0.4, -0.2) is 52.8 Å². The molecule has 0 aromatic heterocycles. The fourth-order valence-electron chi connectivity index (χ4n) is 1.68. The molecule has 2 N–H and O–H groups in total. The van der Waals surface area contributed by atoms with Gasteiger partial charge in [0, 0.05) is 13.0 Å². The highest BCUT2D eigenvalue weighted by Gasteiger charge is 2.46. The second-order valence-electron chi connectivity index (χ2n) is 5.44. The SMILES string of the molecule is CC(C)(C)OC(=O)NC1CN(C(=O)O)CCC1(F)F. The number of alkyl carbamates (subject to hydrolysis) is 1. The third-order valence-corrected chi connectivity index (χ3v) is 2.59. The van der Waals surface area contributed by atoms with Gasteiger partial charge in [0.05, 0.1) is 6.54 Å². The second-order valence-corrected chi connectivity index (χ2v) is 5.44. The van der Waals surface area contributed by atoms with Crippen LogP contribution >= 0.6 is 0 Å².